The fourth-order valence-corrected chi connectivity index (χ4v) is 2.76. The molecule has 0 amide bonds. The smallest absolute Gasteiger partial charge is 0.0396 e. The van der Waals surface area contributed by atoms with Gasteiger partial charge >= 0.3 is 0 Å². The van der Waals surface area contributed by atoms with Crippen molar-refractivity contribution in [2.24, 2.45) is 5.73 Å². The molecule has 0 aromatic heterocycles. The molecule has 2 N–H and O–H groups in total. The Bertz CT molecular complexity index is 391. The molecule has 2 atom stereocenters. The Labute approximate surface area is 111 Å². The van der Waals surface area contributed by atoms with E-state index in [-0.39, 0.29) is 0 Å². The van der Waals surface area contributed by atoms with Gasteiger partial charge in [-0.3, -0.25) is 4.90 Å². The van der Waals surface area contributed by atoms with E-state index < -0.39 is 0 Å². The highest BCUT2D eigenvalue weighted by molar-refractivity contribution is 5.53. The summed E-state index contributed by atoms with van der Waals surface area (Å²) in [6.07, 6.45) is 1.20. The van der Waals surface area contributed by atoms with Crippen LogP contribution in [0.1, 0.15) is 18.9 Å². The Morgan fingerprint density at radius 2 is 2.06 bits per heavy atom. The zero-order valence-electron chi connectivity index (χ0n) is 11.8. The van der Waals surface area contributed by atoms with Crippen molar-refractivity contribution in [3.8, 4) is 0 Å². The fraction of sp³-hybridized carbons (Fsp3) is 0.600. The number of para-hydroxylation sites is 1. The van der Waals surface area contributed by atoms with E-state index in [1.807, 2.05) is 0 Å². The van der Waals surface area contributed by atoms with Crippen molar-refractivity contribution in [3.63, 3.8) is 0 Å². The number of nitrogens with two attached hydrogens (primary N) is 1. The lowest BCUT2D eigenvalue weighted by atomic mass is 10.1. The Hall–Kier alpha value is -1.06. The Morgan fingerprint density at radius 3 is 2.72 bits per heavy atom. The zero-order valence-corrected chi connectivity index (χ0v) is 11.8. The molecular formula is C15H25N3. The minimum absolute atomic E-state index is 0.446. The van der Waals surface area contributed by atoms with Gasteiger partial charge < -0.3 is 10.6 Å². The van der Waals surface area contributed by atoms with Crippen LogP contribution in [0.25, 0.3) is 0 Å². The number of benzene rings is 1. The molecule has 1 aromatic rings. The van der Waals surface area contributed by atoms with Gasteiger partial charge in [-0.1, -0.05) is 18.2 Å². The molecule has 3 heteroatoms. The molecule has 18 heavy (non-hydrogen) atoms. The molecule has 0 aliphatic carbocycles. The predicted molar refractivity (Wildman–Crippen MR) is 78.1 cm³/mol. The second kappa shape index (κ2) is 5.72. The van der Waals surface area contributed by atoms with E-state index in [9.17, 15) is 0 Å². The quantitative estimate of drug-likeness (QED) is 0.866. The first-order valence-electron chi connectivity index (χ1n) is 6.86. The van der Waals surface area contributed by atoms with Crippen LogP contribution in [0.3, 0.4) is 0 Å². The lowest BCUT2D eigenvalue weighted by molar-refractivity contribution is 0.201. The first-order chi connectivity index (χ1) is 8.63. The van der Waals surface area contributed by atoms with Crippen molar-refractivity contribution >= 4 is 5.69 Å². The average Bonchev–Trinajstić information content (AvgIpc) is 2.52. The van der Waals surface area contributed by atoms with E-state index in [0.717, 1.165) is 19.6 Å². The summed E-state index contributed by atoms with van der Waals surface area (Å²) in [4.78, 5) is 4.92. The maximum Gasteiger partial charge on any atom is 0.0396 e. The van der Waals surface area contributed by atoms with Crippen LogP contribution in [-0.2, 0) is 0 Å². The number of hydrogen-bond donors (Lipinski definition) is 1. The molecule has 2 rings (SSSR count). The van der Waals surface area contributed by atoms with Crippen LogP contribution in [-0.4, -0.2) is 43.7 Å². The normalized spacial score (nSPS) is 26.1. The first-order valence-corrected chi connectivity index (χ1v) is 6.86. The summed E-state index contributed by atoms with van der Waals surface area (Å²) in [5.41, 5.74) is 8.65. The fourth-order valence-electron chi connectivity index (χ4n) is 2.76. The largest absolute Gasteiger partial charge is 0.370 e. The summed E-state index contributed by atoms with van der Waals surface area (Å²) in [5.74, 6) is 0. The summed E-state index contributed by atoms with van der Waals surface area (Å²) < 4.78 is 0. The lowest BCUT2D eigenvalue weighted by Gasteiger charge is -2.31. The molecular weight excluding hydrogens is 222 g/mol. The van der Waals surface area contributed by atoms with Crippen molar-refractivity contribution in [2.75, 3.05) is 31.6 Å². The molecule has 0 radical (unpaired) electrons. The van der Waals surface area contributed by atoms with Crippen LogP contribution in [0.4, 0.5) is 5.69 Å². The number of rotatable bonds is 2. The zero-order chi connectivity index (χ0) is 13.1. The van der Waals surface area contributed by atoms with Gasteiger partial charge in [0, 0.05) is 37.4 Å². The van der Waals surface area contributed by atoms with Crippen LogP contribution in [0.5, 0.6) is 0 Å². The van der Waals surface area contributed by atoms with Gasteiger partial charge in [-0.15, -0.1) is 0 Å². The summed E-state index contributed by atoms with van der Waals surface area (Å²) in [5, 5.41) is 0. The third kappa shape index (κ3) is 2.68. The van der Waals surface area contributed by atoms with E-state index >= 15 is 0 Å². The van der Waals surface area contributed by atoms with E-state index in [1.165, 1.54) is 17.7 Å². The number of anilines is 1. The van der Waals surface area contributed by atoms with Gasteiger partial charge in [-0.25, -0.2) is 0 Å². The number of likely N-dealkylation sites (N-methyl/N-ethyl adjacent to an activating group) is 1. The van der Waals surface area contributed by atoms with Crippen molar-refractivity contribution in [3.05, 3.63) is 29.8 Å². The third-order valence-electron chi connectivity index (χ3n) is 4.25. The van der Waals surface area contributed by atoms with E-state index in [1.54, 1.807) is 0 Å². The van der Waals surface area contributed by atoms with E-state index in [2.05, 4.69) is 55.0 Å². The van der Waals surface area contributed by atoms with Gasteiger partial charge in [0.1, 0.15) is 0 Å². The average molecular weight is 247 g/mol. The molecule has 3 nitrogen and oxygen atoms in total. The molecule has 1 saturated heterocycles. The number of aryl methyl sites for hydroxylation is 1. The van der Waals surface area contributed by atoms with Gasteiger partial charge in [0.05, 0.1) is 0 Å². The predicted octanol–water partition coefficient (Wildman–Crippen LogP) is 1.85. The SMILES string of the molecule is Cc1ccccc1N1CCC(C)N(C)C(CN)C1. The molecule has 1 aromatic carbocycles. The Morgan fingerprint density at radius 1 is 1.33 bits per heavy atom. The number of nitrogens with zero attached hydrogens (tertiary/aromatic N) is 2. The lowest BCUT2D eigenvalue weighted by Crippen LogP contribution is -2.46. The molecule has 0 spiro atoms. The van der Waals surface area contributed by atoms with Crippen molar-refractivity contribution in [1.82, 2.24) is 4.90 Å². The van der Waals surface area contributed by atoms with Crippen molar-refractivity contribution in [2.45, 2.75) is 32.4 Å². The second-order valence-corrected chi connectivity index (χ2v) is 5.43. The van der Waals surface area contributed by atoms with Crippen molar-refractivity contribution in [1.29, 1.82) is 0 Å². The van der Waals surface area contributed by atoms with Crippen molar-refractivity contribution < 1.29 is 0 Å². The maximum atomic E-state index is 5.94. The molecule has 2 unspecified atom stereocenters. The van der Waals surface area contributed by atoms with Gasteiger partial charge in [0.25, 0.3) is 0 Å². The molecule has 1 fully saturated rings. The summed E-state index contributed by atoms with van der Waals surface area (Å²) in [6, 6.07) is 9.68. The molecule has 1 aliphatic heterocycles. The van der Waals surface area contributed by atoms with Gasteiger partial charge in [-0.05, 0) is 38.9 Å². The Kier molecular flexibility index (Phi) is 4.25. The van der Waals surface area contributed by atoms with Gasteiger partial charge in [0.2, 0.25) is 0 Å². The molecule has 0 bridgehead atoms. The molecule has 100 valence electrons. The highest BCUT2D eigenvalue weighted by atomic mass is 15.3. The third-order valence-corrected chi connectivity index (χ3v) is 4.25. The summed E-state index contributed by atoms with van der Waals surface area (Å²) >= 11 is 0. The minimum atomic E-state index is 0.446. The van der Waals surface area contributed by atoms with Gasteiger partial charge in [-0.2, -0.15) is 0 Å². The topological polar surface area (TPSA) is 32.5 Å². The van der Waals surface area contributed by atoms with Crippen LogP contribution in [0, 0.1) is 6.92 Å². The standard InChI is InChI=1S/C15H25N3/c1-12-6-4-5-7-15(12)18-9-8-13(2)17(3)14(10-16)11-18/h4-7,13-14H,8-11,16H2,1-3H3. The van der Waals surface area contributed by atoms with Crippen LogP contribution < -0.4 is 10.6 Å². The maximum absolute atomic E-state index is 5.94. The summed E-state index contributed by atoms with van der Waals surface area (Å²) in [6.45, 7) is 7.35. The van der Waals surface area contributed by atoms with Crippen LogP contribution >= 0.6 is 0 Å². The van der Waals surface area contributed by atoms with Crippen LogP contribution in [0.15, 0.2) is 24.3 Å². The first kappa shape index (κ1) is 13.4. The highest BCUT2D eigenvalue weighted by Gasteiger charge is 2.26. The second-order valence-electron chi connectivity index (χ2n) is 5.43. The highest BCUT2D eigenvalue weighted by Crippen LogP contribution is 2.23. The molecule has 1 heterocycles. The van der Waals surface area contributed by atoms with Crippen LogP contribution in [0.2, 0.25) is 0 Å². The van der Waals surface area contributed by atoms with E-state index in [4.69, 9.17) is 5.73 Å². The summed E-state index contributed by atoms with van der Waals surface area (Å²) in [7, 11) is 2.20. The monoisotopic (exact) mass is 247 g/mol. The minimum Gasteiger partial charge on any atom is -0.370 e. The Balaban J connectivity index is 2.22. The van der Waals surface area contributed by atoms with E-state index in [0.29, 0.717) is 12.1 Å². The molecule has 1 aliphatic rings. The number of hydrogen-bond acceptors (Lipinski definition) is 3. The van der Waals surface area contributed by atoms with Gasteiger partial charge in [0.15, 0.2) is 0 Å². The molecule has 0 saturated carbocycles.